The predicted molar refractivity (Wildman–Crippen MR) is 119 cm³/mol. The highest BCUT2D eigenvalue weighted by Gasteiger charge is 2.25. The predicted octanol–water partition coefficient (Wildman–Crippen LogP) is 8.42. The number of aromatic hydroxyl groups is 1. The highest BCUT2D eigenvalue weighted by Crippen LogP contribution is 2.42. The summed E-state index contributed by atoms with van der Waals surface area (Å²) >= 11 is 0. The number of unbranched alkanes of at least 4 members (excludes halogenated alkanes) is 7. The Bertz CT molecular complexity index is 546. The van der Waals surface area contributed by atoms with Gasteiger partial charge >= 0.3 is 0 Å². The van der Waals surface area contributed by atoms with Crippen LogP contribution in [0.2, 0.25) is 0 Å². The second-order valence-corrected chi connectivity index (χ2v) is 9.89. The molecule has 1 saturated carbocycles. The van der Waals surface area contributed by atoms with Crippen LogP contribution in [-0.2, 0) is 11.8 Å². The molecule has 0 radical (unpaired) electrons. The van der Waals surface area contributed by atoms with Crippen LogP contribution in [0.3, 0.4) is 0 Å². The minimum atomic E-state index is 0.00277. The number of rotatable bonds is 10. The van der Waals surface area contributed by atoms with Crippen molar-refractivity contribution in [3.63, 3.8) is 0 Å². The molecule has 1 nitrogen and oxygen atoms in total. The summed E-state index contributed by atoms with van der Waals surface area (Å²) in [6.45, 7) is 8.97. The summed E-state index contributed by atoms with van der Waals surface area (Å²) in [5.41, 5.74) is 3.85. The zero-order valence-corrected chi connectivity index (χ0v) is 18.6. The maximum atomic E-state index is 11.0. The standard InChI is InChI=1S/C26H44O/c1-5-6-7-8-9-10-11-13-16-21-19-23(22-17-14-12-15-18-22)25(27)24(20-21)26(2,3)4/h19-20,22,27H,5-18H2,1-4H3. The number of benzene rings is 1. The molecule has 0 aromatic heterocycles. The van der Waals surface area contributed by atoms with Crippen LogP contribution in [0, 0.1) is 0 Å². The molecular weight excluding hydrogens is 328 g/mol. The SMILES string of the molecule is CCCCCCCCCCc1cc(C2CCCCC2)c(O)c(C(C)(C)C)c1. The van der Waals surface area contributed by atoms with Crippen molar-refractivity contribution in [2.75, 3.05) is 0 Å². The normalized spacial score (nSPS) is 16.0. The fourth-order valence-electron chi connectivity index (χ4n) is 4.62. The van der Waals surface area contributed by atoms with Crippen molar-refractivity contribution >= 4 is 0 Å². The molecule has 0 aliphatic heterocycles. The molecule has 0 amide bonds. The topological polar surface area (TPSA) is 20.2 Å². The lowest BCUT2D eigenvalue weighted by molar-refractivity contribution is 0.402. The molecule has 0 spiro atoms. The zero-order valence-electron chi connectivity index (χ0n) is 18.6. The lowest BCUT2D eigenvalue weighted by Crippen LogP contribution is -2.14. The molecule has 1 aromatic rings. The lowest BCUT2D eigenvalue weighted by Gasteiger charge is -2.28. The molecule has 1 aliphatic carbocycles. The Morgan fingerprint density at radius 3 is 2.04 bits per heavy atom. The summed E-state index contributed by atoms with van der Waals surface area (Å²) in [4.78, 5) is 0. The smallest absolute Gasteiger partial charge is 0.122 e. The fourth-order valence-corrected chi connectivity index (χ4v) is 4.62. The van der Waals surface area contributed by atoms with E-state index >= 15 is 0 Å². The third-order valence-corrected chi connectivity index (χ3v) is 6.37. The maximum Gasteiger partial charge on any atom is 0.122 e. The molecule has 1 aromatic carbocycles. The average Bonchev–Trinajstić information content (AvgIpc) is 2.64. The van der Waals surface area contributed by atoms with Crippen LogP contribution >= 0.6 is 0 Å². The largest absolute Gasteiger partial charge is 0.507 e. The molecule has 154 valence electrons. The van der Waals surface area contributed by atoms with E-state index in [-0.39, 0.29) is 5.41 Å². The van der Waals surface area contributed by atoms with Crippen molar-refractivity contribution in [3.8, 4) is 5.75 Å². The Morgan fingerprint density at radius 1 is 0.852 bits per heavy atom. The van der Waals surface area contributed by atoms with Crippen LogP contribution < -0.4 is 0 Å². The van der Waals surface area contributed by atoms with E-state index in [1.165, 1.54) is 94.6 Å². The van der Waals surface area contributed by atoms with Gasteiger partial charge in [-0.05, 0) is 53.7 Å². The second-order valence-electron chi connectivity index (χ2n) is 9.89. The first kappa shape index (κ1) is 22.3. The molecule has 1 N–H and O–H groups in total. The minimum Gasteiger partial charge on any atom is -0.507 e. The van der Waals surface area contributed by atoms with Crippen LogP contribution in [0.4, 0.5) is 0 Å². The lowest BCUT2D eigenvalue weighted by atomic mass is 9.78. The van der Waals surface area contributed by atoms with Gasteiger partial charge in [-0.1, -0.05) is 104 Å². The molecular formula is C26H44O. The molecule has 0 atom stereocenters. The highest BCUT2D eigenvalue weighted by molar-refractivity contribution is 5.48. The Balaban J connectivity index is 1.98. The second kappa shape index (κ2) is 11.1. The van der Waals surface area contributed by atoms with Crippen molar-refractivity contribution in [2.24, 2.45) is 0 Å². The van der Waals surface area contributed by atoms with Crippen LogP contribution in [-0.4, -0.2) is 5.11 Å². The van der Waals surface area contributed by atoms with Gasteiger partial charge in [-0.25, -0.2) is 0 Å². The van der Waals surface area contributed by atoms with E-state index in [9.17, 15) is 5.11 Å². The van der Waals surface area contributed by atoms with Crippen molar-refractivity contribution in [1.29, 1.82) is 0 Å². The van der Waals surface area contributed by atoms with Gasteiger partial charge in [0, 0.05) is 0 Å². The quantitative estimate of drug-likeness (QED) is 0.409. The first-order valence-corrected chi connectivity index (χ1v) is 11.8. The van der Waals surface area contributed by atoms with E-state index in [1.807, 2.05) is 0 Å². The van der Waals surface area contributed by atoms with Gasteiger partial charge in [0.25, 0.3) is 0 Å². The number of hydrogen-bond donors (Lipinski definition) is 1. The minimum absolute atomic E-state index is 0.00277. The van der Waals surface area contributed by atoms with E-state index in [0.29, 0.717) is 11.7 Å². The number of phenols is 1. The van der Waals surface area contributed by atoms with Crippen LogP contribution in [0.15, 0.2) is 12.1 Å². The summed E-state index contributed by atoms with van der Waals surface area (Å²) in [6.07, 6.45) is 18.6. The van der Waals surface area contributed by atoms with Gasteiger partial charge in [-0.2, -0.15) is 0 Å². The van der Waals surface area contributed by atoms with Crippen LogP contribution in [0.25, 0.3) is 0 Å². The highest BCUT2D eigenvalue weighted by atomic mass is 16.3. The van der Waals surface area contributed by atoms with Crippen molar-refractivity contribution in [2.45, 2.75) is 129 Å². The molecule has 2 rings (SSSR count). The first-order valence-electron chi connectivity index (χ1n) is 11.8. The Morgan fingerprint density at radius 2 is 1.44 bits per heavy atom. The number of phenolic OH excluding ortho intramolecular Hbond substituents is 1. The Labute approximate surface area is 169 Å². The zero-order chi connectivity index (χ0) is 19.7. The van der Waals surface area contributed by atoms with Crippen molar-refractivity contribution in [3.05, 3.63) is 28.8 Å². The Hall–Kier alpha value is -0.980. The molecule has 0 bridgehead atoms. The van der Waals surface area contributed by atoms with Crippen LogP contribution in [0.5, 0.6) is 5.75 Å². The van der Waals surface area contributed by atoms with Gasteiger partial charge in [0.15, 0.2) is 0 Å². The molecule has 0 saturated heterocycles. The van der Waals surface area contributed by atoms with E-state index in [4.69, 9.17) is 0 Å². The third kappa shape index (κ3) is 7.16. The molecule has 27 heavy (non-hydrogen) atoms. The average molecular weight is 373 g/mol. The van der Waals surface area contributed by atoms with E-state index in [1.54, 1.807) is 0 Å². The molecule has 0 unspecified atom stereocenters. The monoisotopic (exact) mass is 372 g/mol. The number of hydrogen-bond acceptors (Lipinski definition) is 1. The summed E-state index contributed by atoms with van der Waals surface area (Å²) in [5.74, 6) is 1.16. The molecule has 1 fully saturated rings. The molecule has 0 heterocycles. The third-order valence-electron chi connectivity index (χ3n) is 6.37. The van der Waals surface area contributed by atoms with Gasteiger partial charge < -0.3 is 5.11 Å². The van der Waals surface area contributed by atoms with Gasteiger partial charge in [-0.15, -0.1) is 0 Å². The molecule has 1 aliphatic rings. The maximum absolute atomic E-state index is 11.0. The van der Waals surface area contributed by atoms with Gasteiger partial charge in [0.1, 0.15) is 5.75 Å². The first-order chi connectivity index (χ1) is 12.9. The van der Waals surface area contributed by atoms with Gasteiger partial charge in [0.2, 0.25) is 0 Å². The van der Waals surface area contributed by atoms with E-state index in [2.05, 4.69) is 39.8 Å². The number of aryl methyl sites for hydroxylation is 1. The van der Waals surface area contributed by atoms with Crippen molar-refractivity contribution in [1.82, 2.24) is 0 Å². The van der Waals surface area contributed by atoms with Crippen LogP contribution in [0.1, 0.15) is 134 Å². The van der Waals surface area contributed by atoms with Gasteiger partial charge in [0.05, 0.1) is 0 Å². The molecule has 1 heteroatoms. The summed E-state index contributed by atoms with van der Waals surface area (Å²) in [5, 5.41) is 11.0. The summed E-state index contributed by atoms with van der Waals surface area (Å²) in [7, 11) is 0. The van der Waals surface area contributed by atoms with E-state index < -0.39 is 0 Å². The Kier molecular flexibility index (Phi) is 9.19. The summed E-state index contributed by atoms with van der Waals surface area (Å²) in [6, 6.07) is 4.64. The van der Waals surface area contributed by atoms with Gasteiger partial charge in [-0.3, -0.25) is 0 Å². The summed E-state index contributed by atoms with van der Waals surface area (Å²) < 4.78 is 0. The van der Waals surface area contributed by atoms with Crippen molar-refractivity contribution < 1.29 is 5.11 Å². The fraction of sp³-hybridized carbons (Fsp3) is 0.769. The van der Waals surface area contributed by atoms with E-state index in [0.717, 1.165) is 12.0 Å².